The maximum atomic E-state index is 11.4. The molecule has 0 aromatic heterocycles. The molecule has 1 heteroatoms. The van der Waals surface area contributed by atoms with E-state index >= 15 is 0 Å². The number of fused-ring (bicyclic) bond motifs is 1. The highest BCUT2D eigenvalue weighted by atomic mass is 16.1. The second-order valence-corrected chi connectivity index (χ2v) is 4.80. The van der Waals surface area contributed by atoms with Crippen molar-refractivity contribution >= 4 is 5.78 Å². The highest BCUT2D eigenvalue weighted by Gasteiger charge is 2.34. The molecular formula is C12H18O. The van der Waals surface area contributed by atoms with Crippen LogP contribution >= 0.6 is 0 Å². The van der Waals surface area contributed by atoms with Gasteiger partial charge in [-0.15, -0.1) is 0 Å². The Morgan fingerprint density at radius 3 is 2.92 bits per heavy atom. The van der Waals surface area contributed by atoms with Crippen molar-refractivity contribution in [3.8, 4) is 0 Å². The minimum absolute atomic E-state index is 0.472. The van der Waals surface area contributed by atoms with Crippen molar-refractivity contribution in [1.82, 2.24) is 0 Å². The number of carbonyl (C=O) groups excluding carboxylic acids is 1. The Labute approximate surface area is 80.2 Å². The van der Waals surface area contributed by atoms with Crippen molar-refractivity contribution < 1.29 is 4.79 Å². The van der Waals surface area contributed by atoms with Gasteiger partial charge in [0.2, 0.25) is 0 Å². The molecule has 0 aliphatic heterocycles. The third kappa shape index (κ3) is 1.70. The van der Waals surface area contributed by atoms with E-state index in [0.29, 0.717) is 17.6 Å². The van der Waals surface area contributed by atoms with Crippen LogP contribution in [0.5, 0.6) is 0 Å². The Balaban J connectivity index is 2.18. The maximum absolute atomic E-state index is 11.4. The molecule has 3 atom stereocenters. The number of allylic oxidation sites excluding steroid dienone is 2. The summed E-state index contributed by atoms with van der Waals surface area (Å²) in [6, 6.07) is 0. The lowest BCUT2D eigenvalue weighted by Gasteiger charge is -2.37. The topological polar surface area (TPSA) is 17.1 Å². The third-order valence-corrected chi connectivity index (χ3v) is 3.66. The number of rotatable bonds is 0. The van der Waals surface area contributed by atoms with Crippen LogP contribution in [0.3, 0.4) is 0 Å². The quantitative estimate of drug-likeness (QED) is 0.521. The van der Waals surface area contributed by atoms with Gasteiger partial charge < -0.3 is 0 Å². The Hall–Kier alpha value is -0.590. The molecule has 1 saturated carbocycles. The zero-order valence-electron chi connectivity index (χ0n) is 8.55. The molecule has 2 aliphatic rings. The Kier molecular flexibility index (Phi) is 2.27. The highest BCUT2D eigenvalue weighted by molar-refractivity contribution is 5.80. The first kappa shape index (κ1) is 8.98. The summed E-state index contributed by atoms with van der Waals surface area (Å²) in [7, 11) is 0. The summed E-state index contributed by atoms with van der Waals surface area (Å²) in [5, 5.41) is 0. The molecule has 1 nitrogen and oxygen atoms in total. The molecule has 0 aromatic rings. The Morgan fingerprint density at radius 2 is 2.15 bits per heavy atom. The normalized spacial score (nSPS) is 39.7. The molecule has 0 N–H and O–H groups in total. The standard InChI is InChI=1S/C12H18O/c1-8-3-4-12-9(2)6-11(13)7-10(12)5-8/h5,9-10,12H,3-4,6-7H2,1-2H3. The van der Waals surface area contributed by atoms with Crippen LogP contribution in [-0.2, 0) is 4.79 Å². The van der Waals surface area contributed by atoms with Crippen molar-refractivity contribution in [2.75, 3.05) is 0 Å². The average molecular weight is 178 g/mol. The number of ketones is 1. The summed E-state index contributed by atoms with van der Waals surface area (Å²) in [5.41, 5.74) is 1.49. The molecule has 0 aromatic carbocycles. The van der Waals surface area contributed by atoms with Crippen LogP contribution in [-0.4, -0.2) is 5.78 Å². The van der Waals surface area contributed by atoms with Gasteiger partial charge in [-0.3, -0.25) is 4.79 Å². The molecule has 13 heavy (non-hydrogen) atoms. The van der Waals surface area contributed by atoms with Crippen LogP contribution in [0.25, 0.3) is 0 Å². The van der Waals surface area contributed by atoms with Crippen molar-refractivity contribution in [1.29, 1.82) is 0 Å². The maximum Gasteiger partial charge on any atom is 0.133 e. The molecule has 2 rings (SSSR count). The van der Waals surface area contributed by atoms with Gasteiger partial charge in [0.25, 0.3) is 0 Å². The van der Waals surface area contributed by atoms with Gasteiger partial charge in [-0.25, -0.2) is 0 Å². The van der Waals surface area contributed by atoms with Gasteiger partial charge in [0.15, 0.2) is 0 Å². The van der Waals surface area contributed by atoms with Crippen LogP contribution in [0.2, 0.25) is 0 Å². The molecule has 0 amide bonds. The molecule has 3 unspecified atom stereocenters. The van der Waals surface area contributed by atoms with Crippen molar-refractivity contribution in [3.63, 3.8) is 0 Å². The van der Waals surface area contributed by atoms with Crippen LogP contribution in [0.1, 0.15) is 39.5 Å². The van der Waals surface area contributed by atoms with Gasteiger partial charge >= 0.3 is 0 Å². The summed E-state index contributed by atoms with van der Waals surface area (Å²) in [5.74, 6) is 2.46. The zero-order valence-corrected chi connectivity index (χ0v) is 8.55. The van der Waals surface area contributed by atoms with Crippen LogP contribution < -0.4 is 0 Å². The lowest BCUT2D eigenvalue weighted by molar-refractivity contribution is -0.123. The van der Waals surface area contributed by atoms with E-state index < -0.39 is 0 Å². The molecule has 0 spiro atoms. The van der Waals surface area contributed by atoms with E-state index in [1.807, 2.05) is 0 Å². The summed E-state index contributed by atoms with van der Waals surface area (Å²) < 4.78 is 0. The summed E-state index contributed by atoms with van der Waals surface area (Å²) in [4.78, 5) is 11.4. The summed E-state index contributed by atoms with van der Waals surface area (Å²) in [6.45, 7) is 4.43. The van der Waals surface area contributed by atoms with Gasteiger partial charge in [-0.05, 0) is 37.5 Å². The Bertz CT molecular complexity index is 252. The van der Waals surface area contributed by atoms with Gasteiger partial charge in [-0.2, -0.15) is 0 Å². The molecule has 1 fully saturated rings. The van der Waals surface area contributed by atoms with E-state index in [9.17, 15) is 4.79 Å². The lowest BCUT2D eigenvalue weighted by atomic mass is 9.67. The number of carbonyl (C=O) groups is 1. The minimum atomic E-state index is 0.472. The van der Waals surface area contributed by atoms with Gasteiger partial charge in [0, 0.05) is 12.8 Å². The smallest absolute Gasteiger partial charge is 0.133 e. The number of hydrogen-bond donors (Lipinski definition) is 0. The fourth-order valence-electron chi connectivity index (χ4n) is 2.95. The average Bonchev–Trinajstić information content (AvgIpc) is 2.02. The molecule has 0 saturated heterocycles. The lowest BCUT2D eigenvalue weighted by Crippen LogP contribution is -2.32. The van der Waals surface area contributed by atoms with Gasteiger partial charge in [0.05, 0.1) is 0 Å². The molecule has 0 bridgehead atoms. The molecular weight excluding hydrogens is 160 g/mol. The van der Waals surface area contributed by atoms with Gasteiger partial charge in [0.1, 0.15) is 5.78 Å². The summed E-state index contributed by atoms with van der Waals surface area (Å²) >= 11 is 0. The zero-order chi connectivity index (χ0) is 9.42. The monoisotopic (exact) mass is 178 g/mol. The van der Waals surface area contributed by atoms with Gasteiger partial charge in [-0.1, -0.05) is 18.6 Å². The van der Waals surface area contributed by atoms with Crippen LogP contribution in [0.15, 0.2) is 11.6 Å². The second-order valence-electron chi connectivity index (χ2n) is 4.80. The molecule has 2 aliphatic carbocycles. The Morgan fingerprint density at radius 1 is 1.38 bits per heavy atom. The van der Waals surface area contributed by atoms with E-state index in [4.69, 9.17) is 0 Å². The van der Waals surface area contributed by atoms with E-state index in [2.05, 4.69) is 19.9 Å². The van der Waals surface area contributed by atoms with Crippen LogP contribution in [0, 0.1) is 17.8 Å². The predicted octanol–water partition coefficient (Wildman–Crippen LogP) is 2.96. The van der Waals surface area contributed by atoms with E-state index in [1.165, 1.54) is 18.4 Å². The second kappa shape index (κ2) is 3.28. The fraction of sp³-hybridized carbons (Fsp3) is 0.750. The molecule has 0 radical (unpaired) electrons. The number of hydrogen-bond acceptors (Lipinski definition) is 1. The van der Waals surface area contributed by atoms with E-state index in [1.54, 1.807) is 0 Å². The minimum Gasteiger partial charge on any atom is -0.300 e. The van der Waals surface area contributed by atoms with E-state index in [-0.39, 0.29) is 0 Å². The first-order valence-electron chi connectivity index (χ1n) is 5.36. The fourth-order valence-corrected chi connectivity index (χ4v) is 2.95. The third-order valence-electron chi connectivity index (χ3n) is 3.66. The molecule has 0 heterocycles. The van der Waals surface area contributed by atoms with Crippen LogP contribution in [0.4, 0.5) is 0 Å². The predicted molar refractivity (Wildman–Crippen MR) is 53.4 cm³/mol. The first-order chi connectivity index (χ1) is 6.16. The first-order valence-corrected chi connectivity index (χ1v) is 5.36. The summed E-state index contributed by atoms with van der Waals surface area (Å²) in [6.07, 6.45) is 6.54. The van der Waals surface area contributed by atoms with Crippen molar-refractivity contribution in [3.05, 3.63) is 11.6 Å². The van der Waals surface area contributed by atoms with E-state index in [0.717, 1.165) is 18.8 Å². The number of Topliss-reactive ketones (excluding diaryl/α,β-unsaturated/α-hetero) is 1. The SMILES string of the molecule is CC1=CC2CC(=O)CC(C)C2CC1. The molecule has 72 valence electrons. The largest absolute Gasteiger partial charge is 0.300 e. The van der Waals surface area contributed by atoms with Crippen molar-refractivity contribution in [2.24, 2.45) is 17.8 Å². The van der Waals surface area contributed by atoms with Crippen molar-refractivity contribution in [2.45, 2.75) is 39.5 Å². The highest BCUT2D eigenvalue weighted by Crippen LogP contribution is 2.40.